The molecule has 0 aromatic heterocycles. The van der Waals surface area contributed by atoms with Gasteiger partial charge in [0.2, 0.25) is 5.91 Å². The molecule has 3 N–H and O–H groups in total. The SMILES string of the molecule is CCCCC/C=C\C/C=C\CCCCCCCC(=O)OCCCCCCCCCCCCCC(=O)NC(CO)C(O)CCCCCCCCCCCCCCCCCCCCCCCCC. The highest BCUT2D eigenvalue weighted by Gasteiger charge is 2.20. The number of ether oxygens (including phenoxy) is 1. The van der Waals surface area contributed by atoms with Crippen molar-refractivity contribution in [3.8, 4) is 0 Å². The van der Waals surface area contributed by atoms with Gasteiger partial charge >= 0.3 is 5.97 Å². The quantitative estimate of drug-likeness (QED) is 0.0321. The van der Waals surface area contributed by atoms with Gasteiger partial charge in [-0.2, -0.15) is 0 Å². The predicted octanol–water partition coefficient (Wildman–Crippen LogP) is 18.2. The summed E-state index contributed by atoms with van der Waals surface area (Å²) in [6.45, 7) is 4.90. The fourth-order valence-electron chi connectivity index (χ4n) is 9.20. The molecule has 0 spiro atoms. The van der Waals surface area contributed by atoms with Crippen LogP contribution in [0.25, 0.3) is 0 Å². The van der Waals surface area contributed by atoms with Gasteiger partial charge in [-0.3, -0.25) is 9.59 Å². The minimum Gasteiger partial charge on any atom is -0.466 e. The molecule has 0 saturated heterocycles. The lowest BCUT2D eigenvalue weighted by Gasteiger charge is -2.22. The first kappa shape index (κ1) is 64.3. The van der Waals surface area contributed by atoms with E-state index in [1.165, 1.54) is 218 Å². The highest BCUT2D eigenvalue weighted by atomic mass is 16.5. The Morgan fingerprint density at radius 3 is 1.18 bits per heavy atom. The topological polar surface area (TPSA) is 95.9 Å². The van der Waals surface area contributed by atoms with Gasteiger partial charge in [-0.05, 0) is 57.8 Å². The summed E-state index contributed by atoms with van der Waals surface area (Å²) in [5, 5.41) is 23.3. The molecule has 0 fully saturated rings. The first-order chi connectivity index (χ1) is 32.5. The molecule has 0 aliphatic heterocycles. The van der Waals surface area contributed by atoms with Gasteiger partial charge in [-0.15, -0.1) is 0 Å². The molecule has 6 nitrogen and oxygen atoms in total. The van der Waals surface area contributed by atoms with Crippen LogP contribution < -0.4 is 5.32 Å². The van der Waals surface area contributed by atoms with E-state index in [0.29, 0.717) is 25.9 Å². The van der Waals surface area contributed by atoms with E-state index in [2.05, 4.69) is 43.5 Å². The number of hydrogen-bond acceptors (Lipinski definition) is 5. The second kappa shape index (κ2) is 55.9. The number of nitrogens with one attached hydrogen (secondary N) is 1. The zero-order valence-corrected chi connectivity index (χ0v) is 44.4. The van der Waals surface area contributed by atoms with Gasteiger partial charge in [0.15, 0.2) is 0 Å². The normalized spacial score (nSPS) is 12.7. The standard InChI is InChI=1S/C60H115NO5/c1-3-5-7-9-11-13-15-17-19-20-21-22-23-24-25-26-28-29-32-36-40-44-48-52-58(63)57(56-62)61-59(64)53-49-45-41-37-33-31-35-39-43-47-51-55-66-60(65)54-50-46-42-38-34-30-27-18-16-14-12-10-8-6-4-2/h12,14,18,27,57-58,62-63H,3-11,13,15-17,19-26,28-56H2,1-2H3,(H,61,64)/b14-12-,27-18-. The number of hydrogen-bond donors (Lipinski definition) is 3. The molecule has 0 aromatic rings. The molecule has 2 unspecified atom stereocenters. The van der Waals surface area contributed by atoms with E-state index in [1.807, 2.05) is 0 Å². The maximum atomic E-state index is 12.5. The van der Waals surface area contributed by atoms with Crippen molar-refractivity contribution in [1.82, 2.24) is 5.32 Å². The highest BCUT2D eigenvalue weighted by Crippen LogP contribution is 2.18. The molecule has 0 aliphatic carbocycles. The average molecular weight is 931 g/mol. The molecule has 6 heteroatoms. The molecule has 1 amide bonds. The van der Waals surface area contributed by atoms with E-state index < -0.39 is 12.1 Å². The van der Waals surface area contributed by atoms with E-state index in [9.17, 15) is 19.8 Å². The summed E-state index contributed by atoms with van der Waals surface area (Å²) in [5.41, 5.74) is 0. The minimum absolute atomic E-state index is 0.0266. The van der Waals surface area contributed by atoms with Crippen LogP contribution in [0.4, 0.5) is 0 Å². The Balaban J connectivity index is 3.46. The number of amides is 1. The van der Waals surface area contributed by atoms with E-state index in [-0.39, 0.29) is 18.5 Å². The van der Waals surface area contributed by atoms with Crippen LogP contribution in [0, 0.1) is 0 Å². The van der Waals surface area contributed by atoms with Crippen LogP contribution in [0.3, 0.4) is 0 Å². The van der Waals surface area contributed by atoms with E-state index in [1.54, 1.807) is 0 Å². The largest absolute Gasteiger partial charge is 0.466 e. The Labute approximate surface area is 411 Å². The molecule has 0 bridgehead atoms. The second-order valence-electron chi connectivity index (χ2n) is 20.3. The summed E-state index contributed by atoms with van der Waals surface area (Å²) in [4.78, 5) is 24.6. The first-order valence-corrected chi connectivity index (χ1v) is 29.6. The van der Waals surface area contributed by atoms with E-state index in [4.69, 9.17) is 4.74 Å². The number of rotatable bonds is 55. The molecular formula is C60H115NO5. The lowest BCUT2D eigenvalue weighted by Crippen LogP contribution is -2.45. The van der Waals surface area contributed by atoms with Crippen molar-refractivity contribution in [1.29, 1.82) is 0 Å². The van der Waals surface area contributed by atoms with Gasteiger partial charge in [-0.1, -0.05) is 276 Å². The Bertz CT molecular complexity index is 1030. The summed E-state index contributed by atoms with van der Waals surface area (Å²) >= 11 is 0. The first-order valence-electron chi connectivity index (χ1n) is 29.6. The molecule has 390 valence electrons. The van der Waals surface area contributed by atoms with Crippen LogP contribution in [0.15, 0.2) is 24.3 Å². The molecular weight excluding hydrogens is 815 g/mol. The molecule has 0 saturated carbocycles. The van der Waals surface area contributed by atoms with Crippen LogP contribution in [-0.4, -0.2) is 47.4 Å². The summed E-state index contributed by atoms with van der Waals surface area (Å²) in [6.07, 6.45) is 67.4. The number of esters is 1. The van der Waals surface area contributed by atoms with E-state index in [0.717, 1.165) is 70.6 Å². The molecule has 0 radical (unpaired) electrons. The number of carbonyl (C=O) groups is 2. The molecule has 0 heterocycles. The van der Waals surface area contributed by atoms with Gasteiger partial charge in [-0.25, -0.2) is 0 Å². The van der Waals surface area contributed by atoms with Crippen LogP contribution in [0.1, 0.15) is 322 Å². The van der Waals surface area contributed by atoms with Gasteiger partial charge in [0.05, 0.1) is 25.4 Å². The van der Waals surface area contributed by atoms with Crippen LogP contribution in [-0.2, 0) is 14.3 Å². The lowest BCUT2D eigenvalue weighted by molar-refractivity contribution is -0.143. The monoisotopic (exact) mass is 930 g/mol. The smallest absolute Gasteiger partial charge is 0.305 e. The van der Waals surface area contributed by atoms with E-state index >= 15 is 0 Å². The second-order valence-corrected chi connectivity index (χ2v) is 20.3. The van der Waals surface area contributed by atoms with Gasteiger partial charge in [0, 0.05) is 12.8 Å². The molecule has 0 aliphatic rings. The van der Waals surface area contributed by atoms with Crippen LogP contribution in [0.2, 0.25) is 0 Å². The third-order valence-electron chi connectivity index (χ3n) is 13.8. The molecule has 66 heavy (non-hydrogen) atoms. The average Bonchev–Trinajstić information content (AvgIpc) is 3.32. The zero-order chi connectivity index (χ0) is 47.9. The molecule has 2 atom stereocenters. The number of allylic oxidation sites excluding steroid dienone is 4. The van der Waals surface area contributed by atoms with Crippen molar-refractivity contribution in [2.24, 2.45) is 0 Å². The zero-order valence-electron chi connectivity index (χ0n) is 44.4. The Morgan fingerprint density at radius 1 is 0.424 bits per heavy atom. The predicted molar refractivity (Wildman–Crippen MR) is 287 cm³/mol. The highest BCUT2D eigenvalue weighted by molar-refractivity contribution is 5.76. The number of aliphatic hydroxyl groups is 2. The van der Waals surface area contributed by atoms with Gasteiger partial charge in [0.25, 0.3) is 0 Å². The Morgan fingerprint density at radius 2 is 0.758 bits per heavy atom. The van der Waals surface area contributed by atoms with Crippen molar-refractivity contribution >= 4 is 11.9 Å². The van der Waals surface area contributed by atoms with Crippen molar-refractivity contribution < 1.29 is 24.5 Å². The summed E-state index contributed by atoms with van der Waals surface area (Å²) < 4.78 is 5.46. The summed E-state index contributed by atoms with van der Waals surface area (Å²) in [7, 11) is 0. The molecule has 0 aromatic carbocycles. The Hall–Kier alpha value is -1.66. The minimum atomic E-state index is -0.678. The maximum Gasteiger partial charge on any atom is 0.305 e. The van der Waals surface area contributed by atoms with Gasteiger partial charge < -0.3 is 20.3 Å². The van der Waals surface area contributed by atoms with Crippen LogP contribution >= 0.6 is 0 Å². The Kier molecular flexibility index (Phi) is 54.5. The summed E-state index contributed by atoms with van der Waals surface area (Å²) in [6, 6.07) is -0.557. The van der Waals surface area contributed by atoms with Crippen molar-refractivity contribution in [3.63, 3.8) is 0 Å². The maximum absolute atomic E-state index is 12.5. The summed E-state index contributed by atoms with van der Waals surface area (Å²) in [5.74, 6) is -0.0783. The third kappa shape index (κ3) is 51.7. The fourth-order valence-corrected chi connectivity index (χ4v) is 9.20. The van der Waals surface area contributed by atoms with Crippen molar-refractivity contribution in [3.05, 3.63) is 24.3 Å². The number of carbonyl (C=O) groups excluding carboxylic acids is 2. The fraction of sp³-hybridized carbons (Fsp3) is 0.900. The number of unbranched alkanes of at least 4 members (excludes halogenated alkanes) is 40. The lowest BCUT2D eigenvalue weighted by atomic mass is 10.0. The number of aliphatic hydroxyl groups excluding tert-OH is 2. The van der Waals surface area contributed by atoms with Crippen LogP contribution in [0.5, 0.6) is 0 Å². The molecule has 0 rings (SSSR count). The van der Waals surface area contributed by atoms with Crippen molar-refractivity contribution in [2.45, 2.75) is 334 Å². The van der Waals surface area contributed by atoms with Gasteiger partial charge in [0.1, 0.15) is 0 Å². The third-order valence-corrected chi connectivity index (χ3v) is 13.8. The van der Waals surface area contributed by atoms with Crippen molar-refractivity contribution in [2.75, 3.05) is 13.2 Å².